The van der Waals surface area contributed by atoms with Crippen LogP contribution in [0.3, 0.4) is 0 Å². The van der Waals surface area contributed by atoms with Gasteiger partial charge in [0.25, 0.3) is 0 Å². The standard InChI is InChI=1S/C22H25FN4O2/c1-2-29-21-11-6-3-8-18(21)16-27(14-7-13-26-15-12-24-17-26)22(28)25-20-10-5-4-9-19(20)23/h3-6,8-12,15,17H,2,7,13-14,16H2,1H3,(H,25,28). The molecule has 1 heterocycles. The van der Waals surface area contributed by atoms with E-state index in [9.17, 15) is 9.18 Å². The van der Waals surface area contributed by atoms with Gasteiger partial charge in [-0.05, 0) is 31.5 Å². The minimum Gasteiger partial charge on any atom is -0.494 e. The molecular weight excluding hydrogens is 371 g/mol. The first kappa shape index (κ1) is 20.4. The van der Waals surface area contributed by atoms with Crippen molar-refractivity contribution >= 4 is 11.7 Å². The smallest absolute Gasteiger partial charge is 0.322 e. The zero-order valence-corrected chi connectivity index (χ0v) is 16.4. The Bertz CT molecular complexity index is 915. The second kappa shape index (κ2) is 10.3. The number of halogens is 1. The number of nitrogens with one attached hydrogen (secondary N) is 1. The second-order valence-electron chi connectivity index (χ2n) is 6.53. The molecule has 6 nitrogen and oxygen atoms in total. The number of para-hydroxylation sites is 2. The van der Waals surface area contributed by atoms with Crippen molar-refractivity contribution in [2.24, 2.45) is 0 Å². The van der Waals surface area contributed by atoms with E-state index in [4.69, 9.17) is 4.74 Å². The van der Waals surface area contributed by atoms with Crippen LogP contribution in [0.25, 0.3) is 0 Å². The maximum absolute atomic E-state index is 14.0. The number of amides is 2. The zero-order chi connectivity index (χ0) is 20.5. The molecule has 29 heavy (non-hydrogen) atoms. The summed E-state index contributed by atoms with van der Waals surface area (Å²) < 4.78 is 21.6. The fourth-order valence-corrected chi connectivity index (χ4v) is 3.01. The van der Waals surface area contributed by atoms with Crippen LogP contribution in [0.2, 0.25) is 0 Å². The molecule has 0 aliphatic carbocycles. The van der Waals surface area contributed by atoms with Crippen LogP contribution in [0.4, 0.5) is 14.9 Å². The van der Waals surface area contributed by atoms with Gasteiger partial charge in [0.1, 0.15) is 11.6 Å². The molecular formula is C22H25FN4O2. The number of aromatic nitrogens is 2. The summed E-state index contributed by atoms with van der Waals surface area (Å²) in [4.78, 5) is 18.6. The molecule has 0 bridgehead atoms. The molecule has 0 radical (unpaired) electrons. The fraction of sp³-hybridized carbons (Fsp3) is 0.273. The molecule has 0 aliphatic heterocycles. The minimum absolute atomic E-state index is 0.162. The van der Waals surface area contributed by atoms with Crippen LogP contribution in [0.1, 0.15) is 18.9 Å². The topological polar surface area (TPSA) is 59.4 Å². The summed E-state index contributed by atoms with van der Waals surface area (Å²) in [5.41, 5.74) is 1.07. The Balaban J connectivity index is 1.73. The van der Waals surface area contributed by atoms with E-state index in [2.05, 4.69) is 10.3 Å². The number of anilines is 1. The van der Waals surface area contributed by atoms with Crippen molar-refractivity contribution in [1.82, 2.24) is 14.5 Å². The highest BCUT2D eigenvalue weighted by atomic mass is 19.1. The van der Waals surface area contributed by atoms with Gasteiger partial charge in [-0.15, -0.1) is 0 Å². The predicted octanol–water partition coefficient (Wildman–Crippen LogP) is 4.55. The highest BCUT2D eigenvalue weighted by Gasteiger charge is 2.17. The average molecular weight is 396 g/mol. The van der Waals surface area contributed by atoms with Gasteiger partial charge in [0.2, 0.25) is 0 Å². The van der Waals surface area contributed by atoms with Crippen LogP contribution >= 0.6 is 0 Å². The Kier molecular flexibility index (Phi) is 7.22. The summed E-state index contributed by atoms with van der Waals surface area (Å²) in [7, 11) is 0. The van der Waals surface area contributed by atoms with E-state index in [1.165, 1.54) is 6.07 Å². The first-order chi connectivity index (χ1) is 14.2. The Morgan fingerprint density at radius 3 is 2.76 bits per heavy atom. The lowest BCUT2D eigenvalue weighted by Crippen LogP contribution is -2.36. The third-order valence-corrected chi connectivity index (χ3v) is 4.44. The van der Waals surface area contributed by atoms with Crippen LogP contribution in [0.5, 0.6) is 5.75 Å². The molecule has 0 atom stereocenters. The normalized spacial score (nSPS) is 10.6. The molecule has 0 saturated heterocycles. The summed E-state index contributed by atoms with van der Waals surface area (Å²) in [6.07, 6.45) is 6.08. The fourth-order valence-electron chi connectivity index (χ4n) is 3.01. The number of hydrogen-bond acceptors (Lipinski definition) is 3. The number of ether oxygens (including phenoxy) is 1. The van der Waals surface area contributed by atoms with Gasteiger partial charge in [-0.3, -0.25) is 0 Å². The van der Waals surface area contributed by atoms with Crippen molar-refractivity contribution in [3.63, 3.8) is 0 Å². The SMILES string of the molecule is CCOc1ccccc1CN(CCCn1ccnc1)C(=O)Nc1ccccc1F. The molecule has 7 heteroatoms. The van der Waals surface area contributed by atoms with E-state index in [0.717, 1.165) is 24.3 Å². The average Bonchev–Trinajstić information content (AvgIpc) is 3.24. The van der Waals surface area contributed by atoms with E-state index in [1.807, 2.05) is 42.0 Å². The molecule has 2 aromatic carbocycles. The molecule has 3 aromatic rings. The van der Waals surface area contributed by atoms with Gasteiger partial charge in [-0.2, -0.15) is 0 Å². The number of nitrogens with zero attached hydrogens (tertiary/aromatic N) is 3. The lowest BCUT2D eigenvalue weighted by molar-refractivity contribution is 0.206. The Hall–Kier alpha value is -3.35. The zero-order valence-electron chi connectivity index (χ0n) is 16.4. The van der Waals surface area contributed by atoms with E-state index >= 15 is 0 Å². The number of carbonyl (C=O) groups is 1. The van der Waals surface area contributed by atoms with Gasteiger partial charge in [-0.25, -0.2) is 14.2 Å². The van der Waals surface area contributed by atoms with Crippen molar-refractivity contribution in [3.8, 4) is 5.75 Å². The summed E-state index contributed by atoms with van der Waals surface area (Å²) >= 11 is 0. The first-order valence-corrected chi connectivity index (χ1v) is 9.64. The Morgan fingerprint density at radius 1 is 1.21 bits per heavy atom. The number of aryl methyl sites for hydroxylation is 1. The largest absolute Gasteiger partial charge is 0.494 e. The van der Waals surface area contributed by atoms with Gasteiger partial charge in [0.15, 0.2) is 0 Å². The molecule has 0 fully saturated rings. The van der Waals surface area contributed by atoms with Crippen molar-refractivity contribution in [2.45, 2.75) is 26.4 Å². The number of urea groups is 1. The number of rotatable bonds is 9. The van der Waals surface area contributed by atoms with Gasteiger partial charge in [0, 0.05) is 31.0 Å². The molecule has 152 valence electrons. The second-order valence-corrected chi connectivity index (χ2v) is 6.53. The van der Waals surface area contributed by atoms with Crippen LogP contribution < -0.4 is 10.1 Å². The van der Waals surface area contributed by atoms with Gasteiger partial charge >= 0.3 is 6.03 Å². The van der Waals surface area contributed by atoms with Gasteiger partial charge in [0.05, 0.1) is 25.2 Å². The monoisotopic (exact) mass is 396 g/mol. The van der Waals surface area contributed by atoms with Crippen LogP contribution in [-0.2, 0) is 13.1 Å². The highest BCUT2D eigenvalue weighted by molar-refractivity contribution is 5.89. The molecule has 2 amide bonds. The first-order valence-electron chi connectivity index (χ1n) is 9.64. The summed E-state index contributed by atoms with van der Waals surface area (Å²) in [5, 5.41) is 2.68. The van der Waals surface area contributed by atoms with Crippen molar-refractivity contribution in [3.05, 3.63) is 78.6 Å². The lowest BCUT2D eigenvalue weighted by atomic mass is 10.2. The maximum Gasteiger partial charge on any atom is 0.322 e. The van der Waals surface area contributed by atoms with Crippen molar-refractivity contribution in [1.29, 1.82) is 0 Å². The Morgan fingerprint density at radius 2 is 2.00 bits per heavy atom. The summed E-state index contributed by atoms with van der Waals surface area (Å²) in [6.45, 7) is 4.06. The number of carbonyl (C=O) groups excluding carboxylic acids is 1. The van der Waals surface area contributed by atoms with E-state index in [0.29, 0.717) is 19.7 Å². The van der Waals surface area contributed by atoms with E-state index < -0.39 is 5.82 Å². The molecule has 1 aromatic heterocycles. The summed E-state index contributed by atoms with van der Waals surface area (Å²) in [6, 6.07) is 13.4. The molecule has 0 unspecified atom stereocenters. The molecule has 1 N–H and O–H groups in total. The van der Waals surface area contributed by atoms with Crippen molar-refractivity contribution in [2.75, 3.05) is 18.5 Å². The predicted molar refractivity (Wildman–Crippen MR) is 110 cm³/mol. The molecule has 0 spiro atoms. The minimum atomic E-state index is -0.464. The highest BCUT2D eigenvalue weighted by Crippen LogP contribution is 2.21. The quantitative estimate of drug-likeness (QED) is 0.577. The van der Waals surface area contributed by atoms with E-state index in [-0.39, 0.29) is 11.7 Å². The lowest BCUT2D eigenvalue weighted by Gasteiger charge is -2.24. The molecule has 0 saturated carbocycles. The molecule has 3 rings (SSSR count). The maximum atomic E-state index is 14.0. The molecule has 0 aliphatic rings. The van der Waals surface area contributed by atoms with Crippen LogP contribution in [0, 0.1) is 5.82 Å². The van der Waals surface area contributed by atoms with Crippen LogP contribution in [0.15, 0.2) is 67.3 Å². The third-order valence-electron chi connectivity index (χ3n) is 4.44. The Labute approximate surface area is 169 Å². The number of hydrogen-bond donors (Lipinski definition) is 1. The number of imidazole rings is 1. The summed E-state index contributed by atoms with van der Waals surface area (Å²) in [5.74, 6) is 0.280. The van der Waals surface area contributed by atoms with E-state index in [1.54, 1.807) is 35.6 Å². The van der Waals surface area contributed by atoms with Crippen LogP contribution in [-0.4, -0.2) is 33.6 Å². The van der Waals surface area contributed by atoms with Gasteiger partial charge < -0.3 is 19.5 Å². The van der Waals surface area contributed by atoms with Gasteiger partial charge in [-0.1, -0.05) is 30.3 Å². The number of benzene rings is 2. The third kappa shape index (κ3) is 5.81. The van der Waals surface area contributed by atoms with Crippen molar-refractivity contribution < 1.29 is 13.9 Å².